The van der Waals surface area contributed by atoms with Crippen molar-refractivity contribution in [1.29, 1.82) is 5.26 Å². The first-order valence-electron chi connectivity index (χ1n) is 9.06. The van der Waals surface area contributed by atoms with E-state index in [9.17, 15) is 20.2 Å². The van der Waals surface area contributed by atoms with Gasteiger partial charge in [-0.1, -0.05) is 32.0 Å². The summed E-state index contributed by atoms with van der Waals surface area (Å²) in [6.07, 6.45) is 2.97. The number of nitrogens with zero attached hydrogens (tertiary/aromatic N) is 2. The Morgan fingerprint density at radius 2 is 1.90 bits per heavy atom. The van der Waals surface area contributed by atoms with Gasteiger partial charge >= 0.3 is 0 Å². The third-order valence-electron chi connectivity index (χ3n) is 4.37. The van der Waals surface area contributed by atoms with E-state index in [1.54, 1.807) is 0 Å². The predicted molar refractivity (Wildman–Crippen MR) is 111 cm³/mol. The summed E-state index contributed by atoms with van der Waals surface area (Å²) in [7, 11) is 1.34. The van der Waals surface area contributed by atoms with Crippen LogP contribution in [0.5, 0.6) is 5.75 Å². The van der Waals surface area contributed by atoms with Gasteiger partial charge in [0.05, 0.1) is 23.8 Å². The molecule has 0 atom stereocenters. The molecule has 0 aromatic heterocycles. The Balaban J connectivity index is 2.26. The lowest BCUT2D eigenvalue weighted by Gasteiger charge is -2.13. The maximum Gasteiger partial charge on any atom is 0.273 e. The van der Waals surface area contributed by atoms with Gasteiger partial charge in [0.1, 0.15) is 17.4 Å². The number of nitro benzene ring substituents is 1. The van der Waals surface area contributed by atoms with Gasteiger partial charge in [-0.15, -0.1) is 0 Å². The quantitative estimate of drug-likeness (QED) is 0.300. The van der Waals surface area contributed by atoms with E-state index in [-0.39, 0.29) is 22.7 Å². The number of para-hydroxylation sites is 1. The number of nitro groups is 1. The van der Waals surface area contributed by atoms with Crippen molar-refractivity contribution in [2.75, 3.05) is 17.7 Å². The minimum atomic E-state index is -0.654. The topological polar surface area (TPSA) is 117 Å². The number of nitriles is 1. The van der Waals surface area contributed by atoms with Gasteiger partial charge in [-0.25, -0.2) is 0 Å². The number of aryl methyl sites for hydroxylation is 2. The first-order chi connectivity index (χ1) is 13.9. The number of rotatable bonds is 8. The van der Waals surface area contributed by atoms with E-state index < -0.39 is 10.8 Å². The van der Waals surface area contributed by atoms with Gasteiger partial charge in [0.2, 0.25) is 0 Å². The number of carbonyl (C=O) groups is 1. The second-order valence-corrected chi connectivity index (χ2v) is 6.07. The zero-order chi connectivity index (χ0) is 21.4. The van der Waals surface area contributed by atoms with E-state index in [0.29, 0.717) is 0 Å². The molecule has 150 valence electrons. The molecule has 0 radical (unpaired) electrons. The molecule has 8 heteroatoms. The Labute approximate surface area is 169 Å². The van der Waals surface area contributed by atoms with Crippen molar-refractivity contribution in [2.24, 2.45) is 0 Å². The minimum Gasteiger partial charge on any atom is -0.494 e. The van der Waals surface area contributed by atoms with Crippen LogP contribution in [0, 0.1) is 21.4 Å². The molecule has 8 nitrogen and oxygen atoms in total. The van der Waals surface area contributed by atoms with Crippen LogP contribution < -0.4 is 15.4 Å². The van der Waals surface area contributed by atoms with Crippen molar-refractivity contribution in [3.05, 3.63) is 69.4 Å². The highest BCUT2D eigenvalue weighted by molar-refractivity contribution is 6.07. The normalized spacial score (nSPS) is 10.8. The molecule has 29 heavy (non-hydrogen) atoms. The zero-order valence-corrected chi connectivity index (χ0v) is 16.5. The van der Waals surface area contributed by atoms with Gasteiger partial charge in [0.25, 0.3) is 11.6 Å². The molecule has 0 saturated heterocycles. The summed E-state index contributed by atoms with van der Waals surface area (Å²) in [5, 5.41) is 25.9. The van der Waals surface area contributed by atoms with Crippen molar-refractivity contribution in [3.8, 4) is 11.8 Å². The van der Waals surface area contributed by atoms with Crippen LogP contribution >= 0.6 is 0 Å². The molecule has 2 aromatic rings. The maximum atomic E-state index is 12.5. The standard InChI is InChI=1S/C21H22N4O4/c1-4-14-7-6-8-15(5-2)20(14)23-13-16(12-22)21(26)24-18-10-9-17(25(27)28)11-19(18)29-3/h6-11,13,23H,4-5H2,1-3H3,(H,24,26)/b16-13-. The van der Waals surface area contributed by atoms with Crippen molar-refractivity contribution in [2.45, 2.75) is 26.7 Å². The van der Waals surface area contributed by atoms with Crippen LogP contribution in [-0.4, -0.2) is 17.9 Å². The van der Waals surface area contributed by atoms with Crippen LogP contribution in [0.15, 0.2) is 48.2 Å². The molecule has 2 aromatic carbocycles. The van der Waals surface area contributed by atoms with Crippen molar-refractivity contribution in [3.63, 3.8) is 0 Å². The SMILES string of the molecule is CCc1cccc(CC)c1N/C=C(/C#N)C(=O)Nc1ccc([N+](=O)[O-])cc1OC. The van der Waals surface area contributed by atoms with Gasteiger partial charge in [-0.3, -0.25) is 14.9 Å². The van der Waals surface area contributed by atoms with E-state index in [0.717, 1.165) is 29.7 Å². The molecule has 2 N–H and O–H groups in total. The van der Waals surface area contributed by atoms with Crippen LogP contribution in [0.2, 0.25) is 0 Å². The lowest BCUT2D eigenvalue weighted by Crippen LogP contribution is -2.15. The predicted octanol–water partition coefficient (Wildman–Crippen LogP) is 4.19. The van der Waals surface area contributed by atoms with Crippen LogP contribution in [-0.2, 0) is 17.6 Å². The van der Waals surface area contributed by atoms with Gasteiger partial charge in [-0.05, 0) is 30.0 Å². The number of amides is 1. The van der Waals surface area contributed by atoms with Crippen LogP contribution in [0.3, 0.4) is 0 Å². The molecule has 2 rings (SSSR count). The second-order valence-electron chi connectivity index (χ2n) is 6.07. The van der Waals surface area contributed by atoms with Crippen molar-refractivity contribution < 1.29 is 14.5 Å². The lowest BCUT2D eigenvalue weighted by molar-refractivity contribution is -0.384. The summed E-state index contributed by atoms with van der Waals surface area (Å²) < 4.78 is 5.10. The summed E-state index contributed by atoms with van der Waals surface area (Å²) in [6.45, 7) is 4.06. The summed E-state index contributed by atoms with van der Waals surface area (Å²) in [6, 6.07) is 11.6. The van der Waals surface area contributed by atoms with Gasteiger partial charge in [-0.2, -0.15) is 5.26 Å². The number of non-ortho nitro benzene ring substituents is 1. The summed E-state index contributed by atoms with van der Waals surface area (Å²) in [5.41, 5.74) is 2.96. The van der Waals surface area contributed by atoms with E-state index in [1.807, 2.05) is 38.1 Å². The fourth-order valence-corrected chi connectivity index (χ4v) is 2.81. The Bertz CT molecular complexity index is 970. The van der Waals surface area contributed by atoms with Gasteiger partial charge < -0.3 is 15.4 Å². The molecule has 0 aliphatic carbocycles. The molecule has 0 aliphatic heterocycles. The Morgan fingerprint density at radius 1 is 1.24 bits per heavy atom. The molecule has 1 amide bonds. The van der Waals surface area contributed by atoms with E-state index in [4.69, 9.17) is 4.74 Å². The number of anilines is 2. The van der Waals surface area contributed by atoms with Crippen molar-refractivity contribution in [1.82, 2.24) is 0 Å². The third kappa shape index (κ3) is 5.11. The van der Waals surface area contributed by atoms with Gasteiger partial charge in [0, 0.05) is 18.0 Å². The van der Waals surface area contributed by atoms with Crippen LogP contribution in [0.25, 0.3) is 0 Å². The number of hydrogen-bond acceptors (Lipinski definition) is 6. The fourth-order valence-electron chi connectivity index (χ4n) is 2.81. The van der Waals surface area contributed by atoms with Gasteiger partial charge in [0.15, 0.2) is 0 Å². The average Bonchev–Trinajstić information content (AvgIpc) is 2.74. The molecule has 0 saturated carbocycles. The minimum absolute atomic E-state index is 0.127. The second kappa shape index (κ2) is 9.90. The Hall–Kier alpha value is -3.86. The van der Waals surface area contributed by atoms with Crippen LogP contribution in [0.4, 0.5) is 17.1 Å². The number of methoxy groups -OCH3 is 1. The molecule has 0 unspecified atom stereocenters. The highest BCUT2D eigenvalue weighted by Gasteiger charge is 2.16. The molecular weight excluding hydrogens is 372 g/mol. The first kappa shape index (κ1) is 21.4. The van der Waals surface area contributed by atoms with Crippen LogP contribution in [0.1, 0.15) is 25.0 Å². The smallest absolute Gasteiger partial charge is 0.273 e. The zero-order valence-electron chi connectivity index (χ0n) is 16.5. The summed E-state index contributed by atoms with van der Waals surface area (Å²) in [5.74, 6) is -0.526. The largest absolute Gasteiger partial charge is 0.494 e. The summed E-state index contributed by atoms with van der Waals surface area (Å²) >= 11 is 0. The maximum absolute atomic E-state index is 12.5. The average molecular weight is 394 g/mol. The molecule has 0 aliphatic rings. The van der Waals surface area contributed by atoms with Crippen molar-refractivity contribution >= 4 is 23.0 Å². The number of nitrogens with one attached hydrogen (secondary N) is 2. The van der Waals surface area contributed by atoms with E-state index in [1.165, 1.54) is 31.5 Å². The van der Waals surface area contributed by atoms with E-state index in [2.05, 4.69) is 10.6 Å². The third-order valence-corrected chi connectivity index (χ3v) is 4.37. The first-order valence-corrected chi connectivity index (χ1v) is 9.06. The molecular formula is C21H22N4O4. The monoisotopic (exact) mass is 394 g/mol. The fraction of sp³-hybridized carbons (Fsp3) is 0.238. The Kier molecular flexibility index (Phi) is 7.32. The number of carbonyl (C=O) groups excluding carboxylic acids is 1. The number of benzene rings is 2. The summed E-state index contributed by atoms with van der Waals surface area (Å²) in [4.78, 5) is 22.9. The van der Waals surface area contributed by atoms with E-state index >= 15 is 0 Å². The molecule has 0 bridgehead atoms. The highest BCUT2D eigenvalue weighted by Crippen LogP contribution is 2.29. The highest BCUT2D eigenvalue weighted by atomic mass is 16.6. The molecule has 0 spiro atoms. The molecule has 0 fully saturated rings. The Morgan fingerprint density at radius 3 is 2.41 bits per heavy atom. The number of ether oxygens (including phenoxy) is 1. The lowest BCUT2D eigenvalue weighted by atomic mass is 10.0. The number of hydrogen-bond donors (Lipinski definition) is 2. The molecule has 0 heterocycles.